The maximum atomic E-state index is 11.1. The zero-order chi connectivity index (χ0) is 21.4. The Labute approximate surface area is 178 Å². The Morgan fingerprint density at radius 1 is 0.621 bits per heavy atom. The molecule has 0 atom stereocenters. The summed E-state index contributed by atoms with van der Waals surface area (Å²) in [5.74, 6) is -1.82. The molecule has 0 aromatic carbocycles. The number of aliphatic carboxylic acids is 1. The third kappa shape index (κ3) is 24.6. The van der Waals surface area contributed by atoms with Crippen LogP contribution in [0.1, 0.15) is 110 Å². The molecule has 0 spiro atoms. The van der Waals surface area contributed by atoms with E-state index in [-0.39, 0.29) is 6.61 Å². The number of hydrogen-bond donors (Lipinski definition) is 1. The fraction of sp³-hybridized carbons (Fsp3) is 0.833. The minimum absolute atomic E-state index is 0.154. The van der Waals surface area contributed by atoms with Gasteiger partial charge in [0.15, 0.2) is 0 Å². The summed E-state index contributed by atoms with van der Waals surface area (Å²) in [4.78, 5) is 21.4. The van der Waals surface area contributed by atoms with Gasteiger partial charge in [-0.15, -0.1) is 0 Å². The number of rotatable bonds is 22. The lowest BCUT2D eigenvalue weighted by molar-refractivity contribution is -0.140. The second-order valence-electron chi connectivity index (χ2n) is 7.75. The highest BCUT2D eigenvalue weighted by atomic mass is 16.6. The van der Waals surface area contributed by atoms with Gasteiger partial charge >= 0.3 is 11.9 Å². The summed E-state index contributed by atoms with van der Waals surface area (Å²) in [7, 11) is 0. The van der Waals surface area contributed by atoms with Crippen LogP contribution in [0.4, 0.5) is 0 Å². The van der Waals surface area contributed by atoms with Crippen LogP contribution in [-0.2, 0) is 19.1 Å². The Morgan fingerprint density at radius 3 is 1.52 bits per heavy atom. The zero-order valence-electron chi connectivity index (χ0n) is 18.7. The van der Waals surface area contributed by atoms with Gasteiger partial charge in [-0.1, -0.05) is 103 Å². The quantitative estimate of drug-likeness (QED) is 0.126. The molecule has 29 heavy (non-hydrogen) atoms. The Balaban J connectivity index is 3.12. The molecular formula is C24H44O5. The van der Waals surface area contributed by atoms with E-state index in [1.807, 2.05) is 0 Å². The van der Waals surface area contributed by atoms with Gasteiger partial charge in [-0.25, -0.2) is 9.59 Å². The normalized spacial score (nSPS) is 11.2. The van der Waals surface area contributed by atoms with Crippen molar-refractivity contribution in [3.63, 3.8) is 0 Å². The van der Waals surface area contributed by atoms with Gasteiger partial charge in [-0.2, -0.15) is 0 Å². The lowest BCUT2D eigenvalue weighted by Gasteiger charge is -2.05. The Bertz CT molecular complexity index is 406. The van der Waals surface area contributed by atoms with Crippen molar-refractivity contribution in [1.29, 1.82) is 0 Å². The average Bonchev–Trinajstić information content (AvgIpc) is 2.70. The molecule has 0 heterocycles. The fourth-order valence-corrected chi connectivity index (χ4v) is 3.24. The van der Waals surface area contributed by atoms with Gasteiger partial charge in [-0.05, 0) is 6.42 Å². The van der Waals surface area contributed by atoms with Crippen LogP contribution in [0.15, 0.2) is 12.2 Å². The topological polar surface area (TPSA) is 72.8 Å². The second-order valence-corrected chi connectivity index (χ2v) is 7.75. The zero-order valence-corrected chi connectivity index (χ0v) is 18.7. The summed E-state index contributed by atoms with van der Waals surface area (Å²) < 4.78 is 10.2. The molecule has 5 heteroatoms. The number of carboxylic acids is 1. The van der Waals surface area contributed by atoms with E-state index < -0.39 is 11.9 Å². The number of ether oxygens (including phenoxy) is 2. The van der Waals surface area contributed by atoms with E-state index in [0.29, 0.717) is 13.2 Å². The van der Waals surface area contributed by atoms with E-state index in [2.05, 4.69) is 6.92 Å². The van der Waals surface area contributed by atoms with Crippen molar-refractivity contribution < 1.29 is 24.2 Å². The molecule has 0 saturated heterocycles. The van der Waals surface area contributed by atoms with Gasteiger partial charge in [-0.3, -0.25) is 0 Å². The maximum Gasteiger partial charge on any atom is 0.331 e. The summed E-state index contributed by atoms with van der Waals surface area (Å²) >= 11 is 0. The van der Waals surface area contributed by atoms with Gasteiger partial charge < -0.3 is 14.6 Å². The molecule has 0 amide bonds. The van der Waals surface area contributed by atoms with Gasteiger partial charge in [0, 0.05) is 18.8 Å². The molecule has 0 fully saturated rings. The van der Waals surface area contributed by atoms with Gasteiger partial charge in [0.1, 0.15) is 6.61 Å². The van der Waals surface area contributed by atoms with E-state index in [0.717, 1.165) is 18.6 Å². The van der Waals surface area contributed by atoms with E-state index >= 15 is 0 Å². The van der Waals surface area contributed by atoms with Crippen molar-refractivity contribution in [2.75, 3.05) is 19.8 Å². The highest BCUT2D eigenvalue weighted by molar-refractivity contribution is 5.90. The van der Waals surface area contributed by atoms with Gasteiger partial charge in [0.25, 0.3) is 0 Å². The Morgan fingerprint density at radius 2 is 1.07 bits per heavy atom. The molecule has 0 aliphatic heterocycles. The van der Waals surface area contributed by atoms with Crippen LogP contribution < -0.4 is 0 Å². The van der Waals surface area contributed by atoms with Crippen LogP contribution in [0.5, 0.6) is 0 Å². The molecule has 0 saturated carbocycles. The molecule has 0 rings (SSSR count). The van der Waals surface area contributed by atoms with Crippen molar-refractivity contribution in [3.8, 4) is 0 Å². The largest absolute Gasteiger partial charge is 0.478 e. The number of carbonyl (C=O) groups is 2. The van der Waals surface area contributed by atoms with Crippen molar-refractivity contribution >= 4 is 11.9 Å². The molecule has 5 nitrogen and oxygen atoms in total. The van der Waals surface area contributed by atoms with Crippen molar-refractivity contribution in [1.82, 2.24) is 0 Å². The second kappa shape index (κ2) is 22.9. The lowest BCUT2D eigenvalue weighted by Crippen LogP contribution is -2.09. The minimum atomic E-state index is -1.17. The summed E-state index contributed by atoms with van der Waals surface area (Å²) in [6.45, 7) is 3.46. The predicted molar refractivity (Wildman–Crippen MR) is 118 cm³/mol. The lowest BCUT2D eigenvalue weighted by atomic mass is 10.0. The van der Waals surface area contributed by atoms with Crippen LogP contribution >= 0.6 is 0 Å². The SMILES string of the molecule is CCCCCCCCCCCCCCCCCCOCCOC(=O)/C=C/C(=O)O. The molecule has 0 bridgehead atoms. The summed E-state index contributed by atoms with van der Waals surface area (Å²) in [6, 6.07) is 0. The van der Waals surface area contributed by atoms with Crippen LogP contribution in [0, 0.1) is 0 Å². The van der Waals surface area contributed by atoms with Crippen LogP contribution in [0.2, 0.25) is 0 Å². The molecular weight excluding hydrogens is 368 g/mol. The fourth-order valence-electron chi connectivity index (χ4n) is 3.24. The summed E-state index contributed by atoms with van der Waals surface area (Å²) in [6.07, 6.45) is 23.2. The van der Waals surface area contributed by atoms with Gasteiger partial charge in [0.05, 0.1) is 6.61 Å². The first kappa shape index (κ1) is 27.6. The van der Waals surface area contributed by atoms with Crippen LogP contribution in [0.25, 0.3) is 0 Å². The molecule has 1 N–H and O–H groups in total. The molecule has 0 aromatic heterocycles. The molecule has 0 aromatic rings. The molecule has 0 aliphatic carbocycles. The minimum Gasteiger partial charge on any atom is -0.478 e. The molecule has 0 aliphatic rings. The average molecular weight is 413 g/mol. The summed E-state index contributed by atoms with van der Waals surface area (Å²) in [5, 5.41) is 8.38. The van der Waals surface area contributed by atoms with Gasteiger partial charge in [0.2, 0.25) is 0 Å². The third-order valence-electron chi connectivity index (χ3n) is 4.98. The Kier molecular flexibility index (Phi) is 21.8. The first-order chi connectivity index (χ1) is 14.2. The van der Waals surface area contributed by atoms with Crippen LogP contribution in [0.3, 0.4) is 0 Å². The first-order valence-electron chi connectivity index (χ1n) is 11.8. The number of esters is 1. The third-order valence-corrected chi connectivity index (χ3v) is 4.98. The monoisotopic (exact) mass is 412 g/mol. The van der Waals surface area contributed by atoms with Crippen molar-refractivity contribution in [2.24, 2.45) is 0 Å². The highest BCUT2D eigenvalue weighted by Gasteiger charge is 1.98. The van der Waals surface area contributed by atoms with E-state index in [1.54, 1.807) is 0 Å². The molecule has 0 unspecified atom stereocenters. The van der Waals surface area contributed by atoms with Crippen LogP contribution in [-0.4, -0.2) is 36.9 Å². The highest BCUT2D eigenvalue weighted by Crippen LogP contribution is 2.13. The van der Waals surface area contributed by atoms with E-state index in [4.69, 9.17) is 14.6 Å². The maximum absolute atomic E-state index is 11.1. The summed E-state index contributed by atoms with van der Waals surface area (Å²) in [5.41, 5.74) is 0. The van der Waals surface area contributed by atoms with E-state index in [1.165, 1.54) is 96.3 Å². The number of hydrogen-bond acceptors (Lipinski definition) is 4. The van der Waals surface area contributed by atoms with E-state index in [9.17, 15) is 9.59 Å². The Hall–Kier alpha value is -1.36. The molecule has 170 valence electrons. The van der Waals surface area contributed by atoms with Crippen molar-refractivity contribution in [3.05, 3.63) is 12.2 Å². The number of carbonyl (C=O) groups excluding carboxylic acids is 1. The van der Waals surface area contributed by atoms with Crippen molar-refractivity contribution in [2.45, 2.75) is 110 Å². The predicted octanol–water partition coefficient (Wildman–Crippen LogP) is 6.45. The molecule has 0 radical (unpaired) electrons. The smallest absolute Gasteiger partial charge is 0.331 e. The number of carboxylic acid groups (broad SMARTS) is 1. The standard InChI is InChI=1S/C24H44O5/c1-2-3-4-5-6-7-8-9-10-11-12-13-14-15-16-17-20-28-21-22-29-24(27)19-18-23(25)26/h18-19H,2-17,20-22H2,1H3,(H,25,26)/b19-18+. The first-order valence-corrected chi connectivity index (χ1v) is 11.8. The number of unbranched alkanes of at least 4 members (excludes halogenated alkanes) is 15.